The van der Waals surface area contributed by atoms with Crippen LogP contribution in [-0.4, -0.2) is 21.4 Å². The molecule has 1 heterocycles. The fraction of sp³-hybridized carbons (Fsp3) is 0.353. The van der Waals surface area contributed by atoms with Crippen molar-refractivity contribution in [2.75, 3.05) is 7.05 Å². The second kappa shape index (κ2) is 6.41. The summed E-state index contributed by atoms with van der Waals surface area (Å²) in [5.41, 5.74) is 2.21. The summed E-state index contributed by atoms with van der Waals surface area (Å²) in [6, 6.07) is 10.6. The molecule has 1 aliphatic rings. The van der Waals surface area contributed by atoms with E-state index in [1.165, 1.54) is 19.2 Å². The molecule has 0 bridgehead atoms. The van der Waals surface area contributed by atoms with Gasteiger partial charge in [-0.1, -0.05) is 29.8 Å². The Hall–Kier alpha value is -2.12. The Labute approximate surface area is 141 Å². The van der Waals surface area contributed by atoms with Crippen LogP contribution in [0.2, 0.25) is 0 Å². The lowest BCUT2D eigenvalue weighted by Gasteiger charge is -2.18. The third kappa shape index (κ3) is 3.52. The van der Waals surface area contributed by atoms with Crippen LogP contribution < -0.4 is 10.0 Å². The number of hydrogen-bond acceptors (Lipinski definition) is 4. The van der Waals surface area contributed by atoms with Crippen molar-refractivity contribution in [2.45, 2.75) is 30.9 Å². The monoisotopic (exact) mass is 348 g/mol. The third-order valence-electron chi connectivity index (χ3n) is 4.16. The summed E-state index contributed by atoms with van der Waals surface area (Å²) in [6.07, 6.45) is 2.13. The quantitative estimate of drug-likeness (QED) is 0.839. The average molecular weight is 348 g/mol. The van der Waals surface area contributed by atoms with E-state index in [2.05, 4.69) is 10.0 Å². The van der Waals surface area contributed by atoms with E-state index in [0.29, 0.717) is 5.92 Å². The minimum absolute atomic E-state index is 0.0124. The Bertz CT molecular complexity index is 836. The van der Waals surface area contributed by atoms with Gasteiger partial charge in [-0.05, 0) is 50.4 Å². The maximum atomic E-state index is 12.4. The van der Waals surface area contributed by atoms with E-state index in [-0.39, 0.29) is 16.9 Å². The number of sulfonamides is 1. The standard InChI is InChI=1S/C17H20N2O4S/c1-11-3-5-12(6-4-11)16(13-7-8-13)19-17(20)14-9-10-15(23-14)24(21,22)18-2/h3-6,9-10,13,16,18H,7-8H2,1-2H3,(H,19,20). The Morgan fingerprint density at radius 1 is 1.17 bits per heavy atom. The van der Waals surface area contributed by atoms with Crippen molar-refractivity contribution in [3.05, 3.63) is 53.3 Å². The molecule has 3 rings (SSSR count). The molecule has 1 aromatic heterocycles. The van der Waals surface area contributed by atoms with Gasteiger partial charge in [-0.3, -0.25) is 4.79 Å². The van der Waals surface area contributed by atoms with Gasteiger partial charge in [0.05, 0.1) is 6.04 Å². The predicted octanol–water partition coefficient (Wildman–Crippen LogP) is 2.38. The molecule has 24 heavy (non-hydrogen) atoms. The van der Waals surface area contributed by atoms with E-state index in [9.17, 15) is 13.2 Å². The molecule has 7 heteroatoms. The van der Waals surface area contributed by atoms with Crippen LogP contribution in [0.3, 0.4) is 0 Å². The van der Waals surface area contributed by atoms with Crippen LogP contribution >= 0.6 is 0 Å². The SMILES string of the molecule is CNS(=O)(=O)c1ccc(C(=O)NC(c2ccc(C)cc2)C2CC2)o1. The van der Waals surface area contributed by atoms with Gasteiger partial charge < -0.3 is 9.73 Å². The number of hydrogen-bond donors (Lipinski definition) is 2. The van der Waals surface area contributed by atoms with Crippen molar-refractivity contribution in [1.29, 1.82) is 0 Å². The maximum absolute atomic E-state index is 12.4. The summed E-state index contributed by atoms with van der Waals surface area (Å²) >= 11 is 0. The molecule has 6 nitrogen and oxygen atoms in total. The van der Waals surface area contributed by atoms with E-state index in [0.717, 1.165) is 24.0 Å². The highest BCUT2D eigenvalue weighted by atomic mass is 32.2. The zero-order chi connectivity index (χ0) is 17.3. The van der Waals surface area contributed by atoms with Gasteiger partial charge in [0.1, 0.15) is 0 Å². The van der Waals surface area contributed by atoms with Gasteiger partial charge in [-0.25, -0.2) is 13.1 Å². The molecular weight excluding hydrogens is 328 g/mol. The molecule has 1 amide bonds. The second-order valence-electron chi connectivity index (χ2n) is 6.03. The molecule has 2 N–H and O–H groups in total. The van der Waals surface area contributed by atoms with Crippen LogP contribution in [-0.2, 0) is 10.0 Å². The van der Waals surface area contributed by atoms with Gasteiger partial charge in [0.15, 0.2) is 5.76 Å². The first kappa shape index (κ1) is 16.7. The van der Waals surface area contributed by atoms with E-state index < -0.39 is 15.9 Å². The third-order valence-corrected chi connectivity index (χ3v) is 5.44. The highest BCUT2D eigenvalue weighted by Crippen LogP contribution is 2.41. The first-order valence-electron chi connectivity index (χ1n) is 7.81. The van der Waals surface area contributed by atoms with Crippen LogP contribution in [0.15, 0.2) is 45.9 Å². The number of carbonyl (C=O) groups excluding carboxylic acids is 1. The van der Waals surface area contributed by atoms with Crippen molar-refractivity contribution in [2.24, 2.45) is 5.92 Å². The minimum atomic E-state index is -3.70. The molecule has 1 atom stereocenters. The topological polar surface area (TPSA) is 88.4 Å². The second-order valence-corrected chi connectivity index (χ2v) is 7.84. The van der Waals surface area contributed by atoms with Gasteiger partial charge in [0.2, 0.25) is 5.09 Å². The lowest BCUT2D eigenvalue weighted by molar-refractivity contribution is 0.0898. The van der Waals surface area contributed by atoms with Gasteiger partial charge in [0, 0.05) is 0 Å². The summed E-state index contributed by atoms with van der Waals surface area (Å²) in [7, 11) is -2.41. The van der Waals surface area contributed by atoms with Gasteiger partial charge in [-0.2, -0.15) is 0 Å². The number of carbonyl (C=O) groups is 1. The molecule has 1 saturated carbocycles. The van der Waals surface area contributed by atoms with Crippen LogP contribution in [0.25, 0.3) is 0 Å². The first-order chi connectivity index (χ1) is 11.4. The number of aryl methyl sites for hydroxylation is 1. The molecule has 2 aromatic rings. The summed E-state index contributed by atoms with van der Waals surface area (Å²) < 4.78 is 30.7. The number of amides is 1. The number of benzene rings is 1. The van der Waals surface area contributed by atoms with Crippen molar-refractivity contribution >= 4 is 15.9 Å². The highest BCUT2D eigenvalue weighted by Gasteiger charge is 2.34. The van der Waals surface area contributed by atoms with Crippen molar-refractivity contribution in [3.8, 4) is 0 Å². The molecule has 1 aliphatic carbocycles. The van der Waals surface area contributed by atoms with E-state index in [1.807, 2.05) is 31.2 Å². The molecule has 1 unspecified atom stereocenters. The Morgan fingerprint density at radius 3 is 2.42 bits per heavy atom. The molecule has 128 valence electrons. The predicted molar refractivity (Wildman–Crippen MR) is 89.1 cm³/mol. The van der Waals surface area contributed by atoms with Crippen molar-refractivity contribution < 1.29 is 17.6 Å². The summed E-state index contributed by atoms with van der Waals surface area (Å²) in [5.74, 6) is -0.0151. The fourth-order valence-corrected chi connectivity index (χ4v) is 3.22. The van der Waals surface area contributed by atoms with Crippen LogP contribution in [0.1, 0.15) is 40.6 Å². The zero-order valence-corrected chi connectivity index (χ0v) is 14.4. The summed E-state index contributed by atoms with van der Waals surface area (Å²) in [5, 5.41) is 2.70. The Kier molecular flexibility index (Phi) is 4.47. The van der Waals surface area contributed by atoms with Gasteiger partial charge >= 0.3 is 0 Å². The maximum Gasteiger partial charge on any atom is 0.287 e. The fourth-order valence-electron chi connectivity index (χ4n) is 2.58. The molecule has 0 aliphatic heterocycles. The van der Waals surface area contributed by atoms with E-state index in [1.54, 1.807) is 0 Å². The van der Waals surface area contributed by atoms with E-state index >= 15 is 0 Å². The summed E-state index contributed by atoms with van der Waals surface area (Å²) in [4.78, 5) is 12.4. The van der Waals surface area contributed by atoms with Crippen LogP contribution in [0, 0.1) is 12.8 Å². The number of nitrogens with one attached hydrogen (secondary N) is 2. The number of rotatable bonds is 6. The largest absolute Gasteiger partial charge is 0.438 e. The van der Waals surface area contributed by atoms with Gasteiger partial charge in [0.25, 0.3) is 15.9 Å². The Balaban J connectivity index is 1.78. The molecule has 0 radical (unpaired) electrons. The molecule has 0 spiro atoms. The summed E-state index contributed by atoms with van der Waals surface area (Å²) in [6.45, 7) is 2.01. The van der Waals surface area contributed by atoms with Crippen LogP contribution in [0.5, 0.6) is 0 Å². The van der Waals surface area contributed by atoms with E-state index in [4.69, 9.17) is 4.42 Å². The minimum Gasteiger partial charge on any atom is -0.438 e. The van der Waals surface area contributed by atoms with Crippen molar-refractivity contribution in [3.63, 3.8) is 0 Å². The lowest BCUT2D eigenvalue weighted by atomic mass is 10.0. The first-order valence-corrected chi connectivity index (χ1v) is 9.30. The zero-order valence-electron chi connectivity index (χ0n) is 13.6. The average Bonchev–Trinajstić information content (AvgIpc) is 3.28. The normalized spacial score (nSPS) is 15.9. The van der Waals surface area contributed by atoms with Crippen molar-refractivity contribution in [1.82, 2.24) is 10.0 Å². The molecule has 1 aromatic carbocycles. The molecule has 0 saturated heterocycles. The van der Waals surface area contributed by atoms with Crippen LogP contribution in [0.4, 0.5) is 0 Å². The Morgan fingerprint density at radius 2 is 1.83 bits per heavy atom. The number of furan rings is 1. The molecule has 1 fully saturated rings. The lowest BCUT2D eigenvalue weighted by Crippen LogP contribution is -2.29. The highest BCUT2D eigenvalue weighted by molar-refractivity contribution is 7.89. The smallest absolute Gasteiger partial charge is 0.287 e. The van der Waals surface area contributed by atoms with Gasteiger partial charge in [-0.15, -0.1) is 0 Å². The molecular formula is C17H20N2O4S.